The maximum Gasteiger partial charge on any atom is 0.251 e. The number of nitrogens with two attached hydrogens (primary N) is 1. The fraction of sp³-hybridized carbons (Fsp3) is 0.455. The molecule has 96 valence electrons. The van der Waals surface area contributed by atoms with Crippen LogP contribution in [0.3, 0.4) is 0 Å². The molecule has 0 unspecified atom stereocenters. The van der Waals surface area contributed by atoms with E-state index in [1.54, 1.807) is 12.1 Å². The van der Waals surface area contributed by atoms with Crippen LogP contribution in [0.2, 0.25) is 0 Å². The first-order valence-electron chi connectivity index (χ1n) is 5.18. The third-order valence-electron chi connectivity index (χ3n) is 2.28. The molecule has 3 nitrogen and oxygen atoms in total. The van der Waals surface area contributed by atoms with Crippen LogP contribution in [-0.4, -0.2) is 36.1 Å². The zero-order chi connectivity index (χ0) is 12.8. The molecule has 6 heteroatoms. The highest BCUT2D eigenvalue weighted by molar-refractivity contribution is 9.10. The summed E-state index contributed by atoms with van der Waals surface area (Å²) < 4.78 is 25.4. The Bertz CT molecular complexity index is 363. The summed E-state index contributed by atoms with van der Waals surface area (Å²) in [6, 6.07) is 5.33. The van der Waals surface area contributed by atoms with E-state index < -0.39 is 6.43 Å². The van der Waals surface area contributed by atoms with E-state index in [1.165, 1.54) is 4.90 Å². The molecule has 1 aromatic carbocycles. The highest BCUT2D eigenvalue weighted by Crippen LogP contribution is 2.21. The quantitative estimate of drug-likeness (QED) is 0.791. The third kappa shape index (κ3) is 4.97. The van der Waals surface area contributed by atoms with Gasteiger partial charge in [-0.25, -0.2) is 8.78 Å². The summed E-state index contributed by atoms with van der Waals surface area (Å²) in [7, 11) is 0. The molecule has 0 aliphatic carbocycles. The topological polar surface area (TPSA) is 49.5 Å². The van der Waals surface area contributed by atoms with Gasteiger partial charge >= 0.3 is 0 Å². The Morgan fingerprint density at radius 3 is 2.65 bits per heavy atom. The van der Waals surface area contributed by atoms with E-state index in [-0.39, 0.29) is 19.7 Å². The molecule has 0 aromatic heterocycles. The first kappa shape index (κ1) is 14.3. The number of benzene rings is 1. The molecule has 1 rings (SSSR count). The van der Waals surface area contributed by atoms with Gasteiger partial charge in [-0.1, -0.05) is 6.07 Å². The molecule has 0 atom stereocenters. The molecule has 0 heterocycles. The zero-order valence-electron chi connectivity index (χ0n) is 9.24. The number of halogens is 3. The maximum atomic E-state index is 12.3. The van der Waals surface area contributed by atoms with Gasteiger partial charge in [-0.05, 0) is 33.6 Å². The van der Waals surface area contributed by atoms with Gasteiger partial charge in [0.05, 0.1) is 13.2 Å². The van der Waals surface area contributed by atoms with Crippen molar-refractivity contribution >= 4 is 21.6 Å². The second-order valence-corrected chi connectivity index (χ2v) is 4.56. The van der Waals surface area contributed by atoms with Gasteiger partial charge in [-0.15, -0.1) is 0 Å². The van der Waals surface area contributed by atoms with Crippen molar-refractivity contribution in [2.75, 3.05) is 25.4 Å². The number of nitrogens with zero attached hydrogens (tertiary/aromatic N) is 1. The molecule has 0 amide bonds. The second kappa shape index (κ2) is 6.88. The summed E-state index contributed by atoms with van der Waals surface area (Å²) >= 11 is 3.27. The average Bonchev–Trinajstić information content (AvgIpc) is 2.23. The number of rotatable bonds is 6. The molecular weight excluding hydrogens is 294 g/mol. The fourth-order valence-corrected chi connectivity index (χ4v) is 1.77. The second-order valence-electron chi connectivity index (χ2n) is 3.71. The molecule has 3 N–H and O–H groups in total. The smallest absolute Gasteiger partial charge is 0.251 e. The Kier molecular flexibility index (Phi) is 5.80. The van der Waals surface area contributed by atoms with Crippen molar-refractivity contribution in [1.29, 1.82) is 0 Å². The third-order valence-corrected chi connectivity index (χ3v) is 3.00. The van der Waals surface area contributed by atoms with Crippen LogP contribution in [0.5, 0.6) is 0 Å². The first-order chi connectivity index (χ1) is 8.02. The van der Waals surface area contributed by atoms with Gasteiger partial charge in [0.1, 0.15) is 0 Å². The average molecular weight is 309 g/mol. The van der Waals surface area contributed by atoms with Crippen molar-refractivity contribution in [2.45, 2.75) is 13.0 Å². The molecule has 0 fully saturated rings. The lowest BCUT2D eigenvalue weighted by molar-refractivity contribution is 0.0746. The van der Waals surface area contributed by atoms with Crippen LogP contribution < -0.4 is 5.73 Å². The van der Waals surface area contributed by atoms with Crippen molar-refractivity contribution in [2.24, 2.45) is 0 Å². The fourth-order valence-electron chi connectivity index (χ4n) is 1.52. The molecule has 0 radical (unpaired) electrons. The van der Waals surface area contributed by atoms with Gasteiger partial charge in [0.15, 0.2) is 0 Å². The number of aliphatic hydroxyl groups is 1. The largest absolute Gasteiger partial charge is 0.398 e. The van der Waals surface area contributed by atoms with Gasteiger partial charge in [-0.2, -0.15) is 0 Å². The lowest BCUT2D eigenvalue weighted by Gasteiger charge is -2.21. The van der Waals surface area contributed by atoms with E-state index >= 15 is 0 Å². The monoisotopic (exact) mass is 308 g/mol. The van der Waals surface area contributed by atoms with Gasteiger partial charge < -0.3 is 10.8 Å². The maximum absolute atomic E-state index is 12.3. The van der Waals surface area contributed by atoms with Crippen molar-refractivity contribution in [3.05, 3.63) is 28.2 Å². The van der Waals surface area contributed by atoms with Crippen molar-refractivity contribution < 1.29 is 13.9 Å². The van der Waals surface area contributed by atoms with E-state index in [0.29, 0.717) is 12.2 Å². The summed E-state index contributed by atoms with van der Waals surface area (Å²) in [4.78, 5) is 1.49. The summed E-state index contributed by atoms with van der Waals surface area (Å²) in [6.45, 7) is 0.0813. The van der Waals surface area contributed by atoms with Crippen molar-refractivity contribution in [3.8, 4) is 0 Å². The van der Waals surface area contributed by atoms with E-state index in [1.807, 2.05) is 6.07 Å². The van der Waals surface area contributed by atoms with E-state index in [4.69, 9.17) is 10.8 Å². The minimum absolute atomic E-state index is 0.140. The minimum Gasteiger partial charge on any atom is -0.398 e. The first-order valence-corrected chi connectivity index (χ1v) is 5.97. The van der Waals surface area contributed by atoms with Gasteiger partial charge in [-0.3, -0.25) is 4.90 Å². The van der Waals surface area contributed by atoms with Crippen LogP contribution in [0, 0.1) is 0 Å². The van der Waals surface area contributed by atoms with Gasteiger partial charge in [0.2, 0.25) is 0 Å². The number of nitrogen functional groups attached to an aromatic ring is 1. The number of hydrogen-bond acceptors (Lipinski definition) is 3. The summed E-state index contributed by atoms with van der Waals surface area (Å²) in [5.74, 6) is 0. The molecule has 0 aliphatic heterocycles. The Labute approximate surface area is 107 Å². The lowest BCUT2D eigenvalue weighted by Crippen LogP contribution is -2.31. The Morgan fingerprint density at radius 2 is 2.12 bits per heavy atom. The van der Waals surface area contributed by atoms with E-state index in [2.05, 4.69) is 15.9 Å². The number of aliphatic hydroxyl groups excluding tert-OH is 1. The lowest BCUT2D eigenvalue weighted by atomic mass is 10.2. The molecule has 17 heavy (non-hydrogen) atoms. The Balaban J connectivity index is 2.67. The van der Waals surface area contributed by atoms with E-state index in [9.17, 15) is 8.78 Å². The van der Waals surface area contributed by atoms with Crippen LogP contribution in [0.15, 0.2) is 22.7 Å². The SMILES string of the molecule is Nc1cc(CN(CCO)CC(F)F)ccc1Br. The standard InChI is InChI=1S/C11H15BrF2N2O/c12-9-2-1-8(5-10(9)15)6-16(3-4-17)7-11(13)14/h1-2,5,11,17H,3-4,6-7,15H2. The molecule has 0 spiro atoms. The Hall–Kier alpha value is -0.720. The zero-order valence-corrected chi connectivity index (χ0v) is 10.8. The van der Waals surface area contributed by atoms with Crippen LogP contribution in [0.1, 0.15) is 5.56 Å². The predicted molar refractivity (Wildman–Crippen MR) is 66.9 cm³/mol. The molecule has 0 aliphatic rings. The van der Waals surface area contributed by atoms with Crippen LogP contribution in [0.25, 0.3) is 0 Å². The van der Waals surface area contributed by atoms with Crippen LogP contribution >= 0.6 is 15.9 Å². The molecule has 0 bridgehead atoms. The molecule has 0 saturated carbocycles. The van der Waals surface area contributed by atoms with Crippen LogP contribution in [0.4, 0.5) is 14.5 Å². The summed E-state index contributed by atoms with van der Waals surface area (Å²) in [5, 5.41) is 8.81. The Morgan fingerprint density at radius 1 is 1.41 bits per heavy atom. The molecular formula is C11H15BrF2N2O. The van der Waals surface area contributed by atoms with Crippen LogP contribution in [-0.2, 0) is 6.54 Å². The van der Waals surface area contributed by atoms with Crippen molar-refractivity contribution in [3.63, 3.8) is 0 Å². The highest BCUT2D eigenvalue weighted by atomic mass is 79.9. The predicted octanol–water partition coefficient (Wildman–Crippen LogP) is 2.09. The van der Waals surface area contributed by atoms with Crippen molar-refractivity contribution in [1.82, 2.24) is 4.90 Å². The molecule has 1 aromatic rings. The number of alkyl halides is 2. The van der Waals surface area contributed by atoms with Gasteiger partial charge in [0, 0.05) is 23.2 Å². The summed E-state index contributed by atoms with van der Waals surface area (Å²) in [5.41, 5.74) is 7.13. The summed E-state index contributed by atoms with van der Waals surface area (Å²) in [6.07, 6.45) is -2.41. The number of anilines is 1. The highest BCUT2D eigenvalue weighted by Gasteiger charge is 2.12. The molecule has 0 saturated heterocycles. The minimum atomic E-state index is -2.41. The normalized spacial score (nSPS) is 11.4. The van der Waals surface area contributed by atoms with Gasteiger partial charge in [0.25, 0.3) is 6.43 Å². The van der Waals surface area contributed by atoms with E-state index in [0.717, 1.165) is 10.0 Å². The number of hydrogen-bond donors (Lipinski definition) is 2.